The molecule has 0 radical (unpaired) electrons. The molecule has 0 saturated carbocycles. The van der Waals surface area contributed by atoms with Gasteiger partial charge in [-0.05, 0) is 42.5 Å². The summed E-state index contributed by atoms with van der Waals surface area (Å²) >= 11 is 1.39. The first-order chi connectivity index (χ1) is 12.6. The Hall–Kier alpha value is -3.45. The van der Waals surface area contributed by atoms with E-state index in [0.29, 0.717) is 22.2 Å². The highest BCUT2D eigenvalue weighted by Gasteiger charge is 2.16. The Bertz CT molecular complexity index is 941. The summed E-state index contributed by atoms with van der Waals surface area (Å²) in [5.74, 6) is 0.597. The number of hydrazone groups is 1. The number of hydrogen-bond acceptors (Lipinski definition) is 7. The lowest BCUT2D eigenvalue weighted by molar-refractivity contribution is 0.459. The van der Waals surface area contributed by atoms with Crippen molar-refractivity contribution in [3.05, 3.63) is 71.9 Å². The molecule has 0 aliphatic heterocycles. The molecule has 2 heterocycles. The highest BCUT2D eigenvalue weighted by Crippen LogP contribution is 2.32. The lowest BCUT2D eigenvalue weighted by Crippen LogP contribution is -2.10. The second-order valence-electron chi connectivity index (χ2n) is 5.14. The van der Waals surface area contributed by atoms with E-state index in [4.69, 9.17) is 0 Å². The van der Waals surface area contributed by atoms with Crippen molar-refractivity contribution < 1.29 is 10.2 Å². The van der Waals surface area contributed by atoms with Gasteiger partial charge in [0.1, 0.15) is 11.5 Å². The standard InChI is InChI=1S/C19H16N4O2S/c1-3-15-17(4-2)26-19(22-15)23(18-7-5-6-10-20-18)21-12-13-11-14(24)8-9-16(13)25/h3-12,24-25H,1-2H2/b21-12+. The smallest absolute Gasteiger partial charge is 0.213 e. The Morgan fingerprint density at radius 3 is 2.62 bits per heavy atom. The van der Waals surface area contributed by atoms with Crippen LogP contribution in [0.5, 0.6) is 11.5 Å². The van der Waals surface area contributed by atoms with Crippen LogP contribution in [0.1, 0.15) is 16.1 Å². The van der Waals surface area contributed by atoms with Crippen molar-refractivity contribution in [3.8, 4) is 11.5 Å². The van der Waals surface area contributed by atoms with E-state index in [0.717, 1.165) is 4.88 Å². The van der Waals surface area contributed by atoms with Gasteiger partial charge >= 0.3 is 0 Å². The average Bonchev–Trinajstić information content (AvgIpc) is 3.08. The number of phenols is 2. The molecule has 0 spiro atoms. The van der Waals surface area contributed by atoms with Crippen molar-refractivity contribution in [2.24, 2.45) is 5.10 Å². The molecule has 2 aromatic heterocycles. The largest absolute Gasteiger partial charge is 0.508 e. The number of phenolic OH excluding ortho intramolecular Hbond substituents is 2. The predicted octanol–water partition coefficient (Wildman–Crippen LogP) is 4.41. The van der Waals surface area contributed by atoms with Crippen molar-refractivity contribution in [2.45, 2.75) is 0 Å². The lowest BCUT2D eigenvalue weighted by atomic mass is 10.2. The normalized spacial score (nSPS) is 10.8. The predicted molar refractivity (Wildman–Crippen MR) is 106 cm³/mol. The maximum Gasteiger partial charge on any atom is 0.213 e. The molecule has 7 heteroatoms. The molecule has 0 aliphatic carbocycles. The Morgan fingerprint density at radius 2 is 1.96 bits per heavy atom. The summed E-state index contributed by atoms with van der Waals surface area (Å²) in [5, 5.41) is 26.1. The molecule has 3 rings (SSSR count). The van der Waals surface area contributed by atoms with Crippen LogP contribution >= 0.6 is 11.3 Å². The minimum Gasteiger partial charge on any atom is -0.508 e. The minimum atomic E-state index is 0.00483. The van der Waals surface area contributed by atoms with Crippen molar-refractivity contribution in [2.75, 3.05) is 5.01 Å². The van der Waals surface area contributed by atoms with Gasteiger partial charge in [0, 0.05) is 11.8 Å². The molecule has 0 unspecified atom stereocenters. The van der Waals surface area contributed by atoms with Crippen molar-refractivity contribution in [3.63, 3.8) is 0 Å². The van der Waals surface area contributed by atoms with Gasteiger partial charge < -0.3 is 10.2 Å². The molecule has 0 saturated heterocycles. The van der Waals surface area contributed by atoms with Gasteiger partial charge in [-0.1, -0.05) is 30.6 Å². The van der Waals surface area contributed by atoms with Crippen LogP contribution in [0.2, 0.25) is 0 Å². The molecule has 130 valence electrons. The van der Waals surface area contributed by atoms with E-state index in [2.05, 4.69) is 28.2 Å². The first-order valence-electron chi connectivity index (χ1n) is 7.65. The molecule has 0 aliphatic rings. The highest BCUT2D eigenvalue weighted by molar-refractivity contribution is 7.16. The van der Waals surface area contributed by atoms with Crippen LogP contribution in [0, 0.1) is 0 Å². The molecule has 0 amide bonds. The van der Waals surface area contributed by atoms with Crippen molar-refractivity contribution >= 4 is 40.7 Å². The summed E-state index contributed by atoms with van der Waals surface area (Å²) in [6.07, 6.45) is 6.45. The van der Waals surface area contributed by atoms with Crippen LogP contribution in [0.3, 0.4) is 0 Å². The molecule has 3 aromatic rings. The van der Waals surface area contributed by atoms with Crippen LogP contribution in [-0.2, 0) is 0 Å². The molecule has 0 atom stereocenters. The Balaban J connectivity index is 2.06. The van der Waals surface area contributed by atoms with Crippen LogP contribution in [0.4, 0.5) is 10.9 Å². The number of benzene rings is 1. The maximum atomic E-state index is 9.94. The number of thiazole rings is 1. The maximum absolute atomic E-state index is 9.94. The fourth-order valence-electron chi connectivity index (χ4n) is 2.17. The van der Waals surface area contributed by atoms with Gasteiger partial charge in [0.25, 0.3) is 0 Å². The number of nitrogens with zero attached hydrogens (tertiary/aromatic N) is 4. The van der Waals surface area contributed by atoms with E-state index in [-0.39, 0.29) is 11.5 Å². The Kier molecular flexibility index (Phi) is 5.09. The van der Waals surface area contributed by atoms with Crippen LogP contribution in [-0.4, -0.2) is 26.4 Å². The number of aromatic nitrogens is 2. The molecular formula is C19H16N4O2S. The highest BCUT2D eigenvalue weighted by atomic mass is 32.1. The van der Waals surface area contributed by atoms with Crippen molar-refractivity contribution in [1.82, 2.24) is 9.97 Å². The SMILES string of the molecule is C=Cc1nc(N(/N=C/c2cc(O)ccc2O)c2ccccn2)sc1C=C. The number of pyridine rings is 1. The second-order valence-corrected chi connectivity index (χ2v) is 6.15. The van der Waals surface area contributed by atoms with Crippen molar-refractivity contribution in [1.29, 1.82) is 0 Å². The zero-order chi connectivity index (χ0) is 18.5. The van der Waals surface area contributed by atoms with Gasteiger partial charge in [0.15, 0.2) is 5.82 Å². The molecule has 6 nitrogen and oxygen atoms in total. The molecule has 1 aromatic carbocycles. The van der Waals surface area contributed by atoms with Crippen LogP contribution in [0.15, 0.2) is 60.9 Å². The second kappa shape index (κ2) is 7.62. The van der Waals surface area contributed by atoms with Crippen LogP contribution < -0.4 is 5.01 Å². The summed E-state index contributed by atoms with van der Waals surface area (Å²) in [6, 6.07) is 9.66. The van der Waals surface area contributed by atoms with Gasteiger partial charge in [0.2, 0.25) is 5.13 Å². The van der Waals surface area contributed by atoms with E-state index in [9.17, 15) is 10.2 Å². The van der Waals surface area contributed by atoms with Gasteiger partial charge in [-0.3, -0.25) is 0 Å². The third-order valence-electron chi connectivity index (χ3n) is 3.42. The summed E-state index contributed by atoms with van der Waals surface area (Å²) in [4.78, 5) is 9.70. The molecule has 2 N–H and O–H groups in total. The minimum absolute atomic E-state index is 0.00483. The topological polar surface area (TPSA) is 81.8 Å². The third-order valence-corrected chi connectivity index (χ3v) is 4.46. The zero-order valence-corrected chi connectivity index (χ0v) is 14.6. The van der Waals surface area contributed by atoms with E-state index in [1.807, 2.05) is 6.07 Å². The quantitative estimate of drug-likeness (QED) is 0.385. The Labute approximate surface area is 154 Å². The number of anilines is 2. The fourth-order valence-corrected chi connectivity index (χ4v) is 3.05. The summed E-state index contributed by atoms with van der Waals surface area (Å²) in [7, 11) is 0. The first kappa shape index (κ1) is 17.4. The van der Waals surface area contributed by atoms with E-state index in [1.54, 1.807) is 35.5 Å². The lowest BCUT2D eigenvalue weighted by Gasteiger charge is -2.14. The Morgan fingerprint density at radius 1 is 1.12 bits per heavy atom. The summed E-state index contributed by atoms with van der Waals surface area (Å²) in [6.45, 7) is 7.55. The molecule has 0 bridgehead atoms. The number of aromatic hydroxyl groups is 2. The third kappa shape index (κ3) is 3.62. The monoisotopic (exact) mass is 364 g/mol. The molecular weight excluding hydrogens is 348 g/mol. The van der Waals surface area contributed by atoms with Gasteiger partial charge in [-0.15, -0.1) is 0 Å². The van der Waals surface area contributed by atoms with Gasteiger partial charge in [-0.2, -0.15) is 10.1 Å². The summed E-state index contributed by atoms with van der Waals surface area (Å²) in [5.41, 5.74) is 1.08. The van der Waals surface area contributed by atoms with Crippen LogP contribution in [0.25, 0.3) is 12.2 Å². The fraction of sp³-hybridized carbons (Fsp3) is 0. The average molecular weight is 364 g/mol. The summed E-state index contributed by atoms with van der Waals surface area (Å²) < 4.78 is 0. The van der Waals surface area contributed by atoms with E-state index < -0.39 is 0 Å². The van der Waals surface area contributed by atoms with E-state index in [1.165, 1.54) is 35.8 Å². The first-order valence-corrected chi connectivity index (χ1v) is 8.47. The number of hydrogen-bond donors (Lipinski definition) is 2. The van der Waals surface area contributed by atoms with Gasteiger partial charge in [0.05, 0.1) is 16.8 Å². The zero-order valence-electron chi connectivity index (χ0n) is 13.8. The molecule has 0 fully saturated rings. The molecule has 26 heavy (non-hydrogen) atoms. The van der Waals surface area contributed by atoms with Gasteiger partial charge in [-0.25, -0.2) is 9.97 Å². The number of rotatable bonds is 6. The van der Waals surface area contributed by atoms with E-state index >= 15 is 0 Å².